The van der Waals surface area contributed by atoms with Crippen LogP contribution in [0.3, 0.4) is 0 Å². The third kappa shape index (κ3) is 7.01. The molecule has 2 aromatic carbocycles. The lowest BCUT2D eigenvalue weighted by molar-refractivity contribution is -0.119. The smallest absolute Gasteiger partial charge is 0.220 e. The second-order valence-corrected chi connectivity index (χ2v) is 12.1. The van der Waals surface area contributed by atoms with Gasteiger partial charge in [-0.1, -0.05) is 65.7 Å². The number of imidazole rings is 1. The summed E-state index contributed by atoms with van der Waals surface area (Å²) in [7, 11) is 1.60. The van der Waals surface area contributed by atoms with Gasteiger partial charge in [-0.15, -0.1) is 0 Å². The van der Waals surface area contributed by atoms with E-state index < -0.39 is 6.10 Å². The normalized spacial score (nSPS) is 15.3. The van der Waals surface area contributed by atoms with E-state index in [0.717, 1.165) is 39.9 Å². The van der Waals surface area contributed by atoms with Gasteiger partial charge in [0.1, 0.15) is 0 Å². The number of carbonyl (C=O) groups excluding carboxylic acids is 1. The Labute approximate surface area is 277 Å². The van der Waals surface area contributed by atoms with Crippen molar-refractivity contribution in [3.05, 3.63) is 88.2 Å². The number of rotatable bonds is 12. The fraction of sp³-hybridized carbons (Fsp3) is 0.294. The molecule has 10 nitrogen and oxygen atoms in total. The summed E-state index contributed by atoms with van der Waals surface area (Å²) >= 11 is 14.1. The Bertz CT molecular complexity index is 1880. The maximum Gasteiger partial charge on any atom is 0.220 e. The molecule has 0 unspecified atom stereocenters. The molecule has 3 aromatic heterocycles. The van der Waals surface area contributed by atoms with Crippen molar-refractivity contribution in [2.75, 3.05) is 20.2 Å². The number of aromatic nitrogens is 4. The molecule has 1 fully saturated rings. The minimum Gasteiger partial charge on any atom is -0.481 e. The number of ether oxygens (including phenoxy) is 1. The number of hydrogen-bond acceptors (Lipinski definition) is 8. The highest BCUT2D eigenvalue weighted by Gasteiger charge is 2.21. The number of hydrogen-bond donors (Lipinski definition) is 4. The largest absolute Gasteiger partial charge is 0.481 e. The highest BCUT2D eigenvalue weighted by molar-refractivity contribution is 6.39. The number of halogens is 2. The van der Waals surface area contributed by atoms with Gasteiger partial charge in [-0.05, 0) is 31.5 Å². The predicted molar refractivity (Wildman–Crippen MR) is 180 cm³/mol. The number of methoxy groups -OCH3 is 1. The van der Waals surface area contributed by atoms with Crippen molar-refractivity contribution in [2.24, 2.45) is 0 Å². The van der Waals surface area contributed by atoms with Crippen LogP contribution in [-0.2, 0) is 17.9 Å². The predicted octanol–water partition coefficient (Wildman–Crippen LogP) is 5.28. The van der Waals surface area contributed by atoms with E-state index in [9.17, 15) is 9.90 Å². The van der Waals surface area contributed by atoms with E-state index in [4.69, 9.17) is 38.0 Å². The molecule has 0 saturated carbocycles. The van der Waals surface area contributed by atoms with E-state index in [1.165, 1.54) is 0 Å². The van der Waals surface area contributed by atoms with Crippen LogP contribution >= 0.6 is 23.2 Å². The molecule has 0 spiro atoms. The van der Waals surface area contributed by atoms with Crippen molar-refractivity contribution >= 4 is 34.8 Å². The zero-order valence-corrected chi connectivity index (χ0v) is 27.1. The molecule has 0 radical (unpaired) electrons. The summed E-state index contributed by atoms with van der Waals surface area (Å²) in [5.41, 5.74) is 6.87. The Morgan fingerprint density at radius 3 is 2.33 bits per heavy atom. The van der Waals surface area contributed by atoms with Crippen LogP contribution in [0.25, 0.3) is 39.3 Å². The van der Waals surface area contributed by atoms with Gasteiger partial charge >= 0.3 is 0 Å². The first-order valence-electron chi connectivity index (χ1n) is 15.2. The molecule has 5 aromatic rings. The monoisotopic (exact) mass is 659 g/mol. The Morgan fingerprint density at radius 1 is 0.957 bits per heavy atom. The first kappa shape index (κ1) is 31.9. The highest BCUT2D eigenvalue weighted by atomic mass is 35.5. The summed E-state index contributed by atoms with van der Waals surface area (Å²) in [5.74, 6) is 0.605. The molecule has 2 atom stereocenters. The van der Waals surface area contributed by atoms with Crippen molar-refractivity contribution in [1.82, 2.24) is 35.5 Å². The summed E-state index contributed by atoms with van der Waals surface area (Å²) in [4.78, 5) is 20.9. The van der Waals surface area contributed by atoms with Crippen LogP contribution in [0.4, 0.5) is 0 Å². The van der Waals surface area contributed by atoms with Crippen LogP contribution < -0.4 is 20.7 Å². The molecule has 1 aliphatic heterocycles. The van der Waals surface area contributed by atoms with Gasteiger partial charge in [-0.3, -0.25) is 4.79 Å². The zero-order valence-electron chi connectivity index (χ0n) is 25.6. The Kier molecular flexibility index (Phi) is 9.81. The Morgan fingerprint density at radius 2 is 1.65 bits per heavy atom. The summed E-state index contributed by atoms with van der Waals surface area (Å²) in [6, 6.07) is 19.4. The van der Waals surface area contributed by atoms with Crippen molar-refractivity contribution in [3.8, 4) is 39.5 Å². The molecule has 6 rings (SSSR count). The average molecular weight is 661 g/mol. The van der Waals surface area contributed by atoms with E-state index in [1.807, 2.05) is 66.9 Å². The van der Waals surface area contributed by atoms with Gasteiger partial charge in [-0.2, -0.15) is 5.10 Å². The third-order valence-corrected chi connectivity index (χ3v) is 8.69. The van der Waals surface area contributed by atoms with Crippen LogP contribution in [0, 0.1) is 0 Å². The standard InChI is InChI=1S/C34H35Cl2N7O3/c1-20(44)15-37-18-23-19-43-30(39-23)13-12-29(42-43)27-8-4-6-25(33(27)36)24-5-3-7-26(32(24)35)28-11-9-21(34(41-28)46-2)16-38-17-22-10-14-31(45)40-22/h3-9,11-13,19-20,22,37-38,44H,10,14-18H2,1-2H3,(H,40,45)/t20-,22-/m1/s1. The number of benzene rings is 2. The van der Waals surface area contributed by atoms with E-state index in [-0.39, 0.29) is 11.9 Å². The van der Waals surface area contributed by atoms with Crippen molar-refractivity contribution in [1.29, 1.82) is 0 Å². The molecule has 4 N–H and O–H groups in total. The van der Waals surface area contributed by atoms with Gasteiger partial charge in [0.2, 0.25) is 11.8 Å². The first-order valence-corrected chi connectivity index (χ1v) is 15.9. The fourth-order valence-electron chi connectivity index (χ4n) is 5.59. The molecule has 1 amide bonds. The number of nitrogens with one attached hydrogen (secondary N) is 3. The fourth-order valence-corrected chi connectivity index (χ4v) is 6.24. The molecular formula is C34H35Cl2N7O3. The van der Waals surface area contributed by atoms with Crippen molar-refractivity contribution < 1.29 is 14.6 Å². The average Bonchev–Trinajstić information content (AvgIpc) is 3.66. The maximum atomic E-state index is 11.5. The Balaban J connectivity index is 1.24. The van der Waals surface area contributed by atoms with E-state index in [0.29, 0.717) is 65.6 Å². The number of fused-ring (bicyclic) bond motifs is 1. The van der Waals surface area contributed by atoms with E-state index in [1.54, 1.807) is 18.5 Å². The molecule has 46 heavy (non-hydrogen) atoms. The SMILES string of the molecule is COc1nc(-c2cccc(-c3cccc(-c4ccc5nc(CNC[C@@H](C)O)cn5n4)c3Cl)c2Cl)ccc1CNC[C@H]1CCC(=O)N1. The van der Waals surface area contributed by atoms with E-state index in [2.05, 4.69) is 20.9 Å². The van der Waals surface area contributed by atoms with Crippen LogP contribution in [-0.4, -0.2) is 62.9 Å². The van der Waals surface area contributed by atoms with Crippen LogP contribution in [0.5, 0.6) is 5.88 Å². The minimum absolute atomic E-state index is 0.100. The quantitative estimate of drug-likeness (QED) is 0.143. The maximum absolute atomic E-state index is 11.5. The second kappa shape index (κ2) is 14.1. The highest BCUT2D eigenvalue weighted by Crippen LogP contribution is 2.42. The minimum atomic E-state index is -0.433. The van der Waals surface area contributed by atoms with Crippen LogP contribution in [0.2, 0.25) is 10.0 Å². The lowest BCUT2D eigenvalue weighted by atomic mass is 9.98. The molecule has 1 saturated heterocycles. The number of aliphatic hydroxyl groups is 1. The Hall–Kier alpha value is -4.06. The second-order valence-electron chi connectivity index (χ2n) is 11.4. The summed E-state index contributed by atoms with van der Waals surface area (Å²) in [6.07, 6.45) is 2.84. The lowest BCUT2D eigenvalue weighted by Gasteiger charge is -2.15. The molecule has 238 valence electrons. The molecular weight excluding hydrogens is 625 g/mol. The number of amides is 1. The lowest BCUT2D eigenvalue weighted by Crippen LogP contribution is -2.35. The molecule has 0 aliphatic carbocycles. The van der Waals surface area contributed by atoms with Crippen molar-refractivity contribution in [3.63, 3.8) is 0 Å². The number of pyridine rings is 1. The summed E-state index contributed by atoms with van der Waals surface area (Å²) < 4.78 is 7.37. The third-order valence-electron chi connectivity index (χ3n) is 7.88. The van der Waals surface area contributed by atoms with Gasteiger partial charge in [0.05, 0.1) is 46.5 Å². The molecule has 0 bridgehead atoms. The van der Waals surface area contributed by atoms with Crippen LogP contribution in [0.1, 0.15) is 31.0 Å². The molecule has 12 heteroatoms. The molecule has 4 heterocycles. The van der Waals surface area contributed by atoms with Crippen LogP contribution in [0.15, 0.2) is 66.9 Å². The first-order chi connectivity index (χ1) is 22.3. The van der Waals surface area contributed by atoms with Gasteiger partial charge in [0.25, 0.3) is 0 Å². The topological polar surface area (TPSA) is 126 Å². The summed E-state index contributed by atoms with van der Waals surface area (Å²) in [6.45, 7) is 3.97. The summed E-state index contributed by atoms with van der Waals surface area (Å²) in [5, 5.41) is 24.9. The van der Waals surface area contributed by atoms with Crippen molar-refractivity contribution in [2.45, 2.75) is 45.0 Å². The zero-order chi connectivity index (χ0) is 32.2. The molecule has 1 aliphatic rings. The van der Waals surface area contributed by atoms with Gasteiger partial charge in [-0.25, -0.2) is 14.5 Å². The van der Waals surface area contributed by atoms with Gasteiger partial charge in [0.15, 0.2) is 5.65 Å². The van der Waals surface area contributed by atoms with Gasteiger partial charge < -0.3 is 25.8 Å². The number of carbonyl (C=O) groups is 1. The number of aliphatic hydroxyl groups excluding tert-OH is 1. The number of nitrogens with zero attached hydrogens (tertiary/aromatic N) is 4. The van der Waals surface area contributed by atoms with E-state index >= 15 is 0 Å². The van der Waals surface area contributed by atoms with Gasteiger partial charge in [0, 0.05) is 66.5 Å².